The first-order valence-corrected chi connectivity index (χ1v) is 6.42. The summed E-state index contributed by atoms with van der Waals surface area (Å²) < 4.78 is 0. The molecule has 0 radical (unpaired) electrons. The van der Waals surface area contributed by atoms with Crippen LogP contribution in [0.15, 0.2) is 6.07 Å². The van der Waals surface area contributed by atoms with Crippen molar-refractivity contribution < 1.29 is 0 Å². The fourth-order valence-electron chi connectivity index (χ4n) is 1.87. The zero-order valence-electron chi connectivity index (χ0n) is 10.6. The standard InChI is InChI=1S/C12H19ClN4/c1-9(2)10-8-11(13)15-12(14-10)17-6-4-16(3)5-7-17/h8-9H,4-7H2,1-3H3. The summed E-state index contributed by atoms with van der Waals surface area (Å²) in [6.45, 7) is 8.27. The first kappa shape index (κ1) is 12.6. The average Bonchev–Trinajstić information content (AvgIpc) is 2.29. The summed E-state index contributed by atoms with van der Waals surface area (Å²) in [4.78, 5) is 13.4. The van der Waals surface area contributed by atoms with Crippen molar-refractivity contribution in [2.75, 3.05) is 38.1 Å². The van der Waals surface area contributed by atoms with Crippen molar-refractivity contribution in [1.82, 2.24) is 14.9 Å². The van der Waals surface area contributed by atoms with Crippen LogP contribution in [0.3, 0.4) is 0 Å². The van der Waals surface area contributed by atoms with E-state index in [-0.39, 0.29) is 0 Å². The molecule has 1 aliphatic rings. The van der Waals surface area contributed by atoms with Crippen LogP contribution in [-0.4, -0.2) is 48.1 Å². The number of hydrogen-bond donors (Lipinski definition) is 0. The van der Waals surface area contributed by atoms with E-state index in [1.54, 1.807) is 0 Å². The van der Waals surface area contributed by atoms with Crippen molar-refractivity contribution in [2.24, 2.45) is 0 Å². The number of nitrogens with zero attached hydrogens (tertiary/aromatic N) is 4. The van der Waals surface area contributed by atoms with E-state index >= 15 is 0 Å². The zero-order valence-corrected chi connectivity index (χ0v) is 11.4. The van der Waals surface area contributed by atoms with Crippen molar-refractivity contribution in [3.05, 3.63) is 16.9 Å². The first-order chi connectivity index (χ1) is 8.06. The molecule has 0 saturated carbocycles. The molecule has 2 rings (SSSR count). The maximum Gasteiger partial charge on any atom is 0.227 e. The van der Waals surface area contributed by atoms with Gasteiger partial charge in [-0.2, -0.15) is 0 Å². The van der Waals surface area contributed by atoms with E-state index in [0.29, 0.717) is 11.1 Å². The number of rotatable bonds is 2. The Kier molecular flexibility index (Phi) is 3.84. The lowest BCUT2D eigenvalue weighted by Gasteiger charge is -2.32. The highest BCUT2D eigenvalue weighted by atomic mass is 35.5. The molecule has 5 heteroatoms. The molecule has 0 atom stereocenters. The Morgan fingerprint density at radius 2 is 1.82 bits per heavy atom. The van der Waals surface area contributed by atoms with Gasteiger partial charge in [-0.3, -0.25) is 0 Å². The molecule has 0 aliphatic carbocycles. The van der Waals surface area contributed by atoms with Crippen molar-refractivity contribution in [3.63, 3.8) is 0 Å². The highest BCUT2D eigenvalue weighted by Crippen LogP contribution is 2.20. The second-order valence-corrected chi connectivity index (χ2v) is 5.25. The van der Waals surface area contributed by atoms with Gasteiger partial charge in [0.05, 0.1) is 5.69 Å². The SMILES string of the molecule is CC(C)c1cc(Cl)nc(N2CCN(C)CC2)n1. The van der Waals surface area contributed by atoms with E-state index in [4.69, 9.17) is 11.6 Å². The van der Waals surface area contributed by atoms with Crippen molar-refractivity contribution in [3.8, 4) is 0 Å². The third-order valence-electron chi connectivity index (χ3n) is 3.08. The maximum atomic E-state index is 6.05. The van der Waals surface area contributed by atoms with E-state index in [2.05, 4.69) is 40.7 Å². The van der Waals surface area contributed by atoms with E-state index in [1.165, 1.54) is 0 Å². The molecule has 4 nitrogen and oxygen atoms in total. The Balaban J connectivity index is 2.20. The number of hydrogen-bond acceptors (Lipinski definition) is 4. The number of piperazine rings is 1. The van der Waals surface area contributed by atoms with Gasteiger partial charge in [0.15, 0.2) is 0 Å². The highest BCUT2D eigenvalue weighted by molar-refractivity contribution is 6.29. The molecule has 1 aromatic heterocycles. The number of likely N-dealkylation sites (N-methyl/N-ethyl adjacent to an activating group) is 1. The Hall–Kier alpha value is -0.870. The maximum absolute atomic E-state index is 6.05. The minimum Gasteiger partial charge on any atom is -0.338 e. The lowest BCUT2D eigenvalue weighted by atomic mass is 10.1. The summed E-state index contributed by atoms with van der Waals surface area (Å²) in [5.41, 5.74) is 1.01. The van der Waals surface area contributed by atoms with E-state index in [9.17, 15) is 0 Å². The lowest BCUT2D eigenvalue weighted by molar-refractivity contribution is 0.311. The van der Waals surface area contributed by atoms with Gasteiger partial charge >= 0.3 is 0 Å². The van der Waals surface area contributed by atoms with Gasteiger partial charge in [0.25, 0.3) is 0 Å². The molecule has 0 bridgehead atoms. The molecule has 17 heavy (non-hydrogen) atoms. The summed E-state index contributed by atoms with van der Waals surface area (Å²) in [5.74, 6) is 1.15. The minimum atomic E-state index is 0.377. The second kappa shape index (κ2) is 5.19. The fraction of sp³-hybridized carbons (Fsp3) is 0.667. The zero-order chi connectivity index (χ0) is 12.4. The monoisotopic (exact) mass is 254 g/mol. The molecule has 0 spiro atoms. The molecule has 94 valence electrons. The van der Waals surface area contributed by atoms with E-state index in [1.807, 2.05) is 6.07 Å². The lowest BCUT2D eigenvalue weighted by Crippen LogP contribution is -2.45. The van der Waals surface area contributed by atoms with Gasteiger partial charge in [-0.1, -0.05) is 25.4 Å². The van der Waals surface area contributed by atoms with Gasteiger partial charge in [0.1, 0.15) is 5.15 Å². The minimum absolute atomic E-state index is 0.377. The smallest absolute Gasteiger partial charge is 0.227 e. The van der Waals surface area contributed by atoms with Crippen LogP contribution in [-0.2, 0) is 0 Å². The van der Waals surface area contributed by atoms with Crippen molar-refractivity contribution in [1.29, 1.82) is 0 Å². The highest BCUT2D eigenvalue weighted by Gasteiger charge is 2.18. The summed E-state index contributed by atoms with van der Waals surface area (Å²) in [7, 11) is 2.13. The van der Waals surface area contributed by atoms with Crippen LogP contribution in [0.4, 0.5) is 5.95 Å². The van der Waals surface area contributed by atoms with Gasteiger partial charge in [-0.05, 0) is 19.0 Å². The Morgan fingerprint density at radius 3 is 2.41 bits per heavy atom. The summed E-state index contributed by atoms with van der Waals surface area (Å²) in [5, 5.41) is 0.539. The molecule has 0 unspecified atom stereocenters. The van der Waals surface area contributed by atoms with Crippen LogP contribution < -0.4 is 4.90 Å². The number of anilines is 1. The van der Waals surface area contributed by atoms with Crippen molar-refractivity contribution >= 4 is 17.5 Å². The molecule has 0 amide bonds. The molecule has 2 heterocycles. The Bertz CT molecular complexity index is 386. The molecule has 1 aromatic rings. The van der Waals surface area contributed by atoms with Crippen LogP contribution in [0.25, 0.3) is 0 Å². The third-order valence-corrected chi connectivity index (χ3v) is 3.27. The van der Waals surface area contributed by atoms with Gasteiger partial charge in [0.2, 0.25) is 5.95 Å². The largest absolute Gasteiger partial charge is 0.338 e. The van der Waals surface area contributed by atoms with Crippen LogP contribution in [0, 0.1) is 0 Å². The number of halogens is 1. The molecule has 0 N–H and O–H groups in total. The van der Waals surface area contributed by atoms with Crippen LogP contribution in [0.1, 0.15) is 25.5 Å². The molecular weight excluding hydrogens is 236 g/mol. The molecule has 1 aliphatic heterocycles. The van der Waals surface area contributed by atoms with Crippen LogP contribution >= 0.6 is 11.6 Å². The van der Waals surface area contributed by atoms with Gasteiger partial charge in [0, 0.05) is 26.2 Å². The molecule has 0 aromatic carbocycles. The molecule has 1 saturated heterocycles. The molecule has 1 fully saturated rings. The summed E-state index contributed by atoms with van der Waals surface area (Å²) in [6.07, 6.45) is 0. The summed E-state index contributed by atoms with van der Waals surface area (Å²) in [6, 6.07) is 1.85. The van der Waals surface area contributed by atoms with E-state index < -0.39 is 0 Å². The quantitative estimate of drug-likeness (QED) is 0.756. The third kappa shape index (κ3) is 3.07. The fourth-order valence-corrected chi connectivity index (χ4v) is 2.05. The van der Waals surface area contributed by atoms with E-state index in [0.717, 1.165) is 37.8 Å². The first-order valence-electron chi connectivity index (χ1n) is 6.04. The normalized spacial score (nSPS) is 17.8. The second-order valence-electron chi connectivity index (χ2n) is 4.86. The van der Waals surface area contributed by atoms with Gasteiger partial charge in [-0.15, -0.1) is 0 Å². The average molecular weight is 255 g/mol. The van der Waals surface area contributed by atoms with Gasteiger partial charge < -0.3 is 9.80 Å². The van der Waals surface area contributed by atoms with Gasteiger partial charge in [-0.25, -0.2) is 9.97 Å². The summed E-state index contributed by atoms with van der Waals surface area (Å²) >= 11 is 6.05. The van der Waals surface area contributed by atoms with Crippen molar-refractivity contribution in [2.45, 2.75) is 19.8 Å². The predicted molar refractivity (Wildman–Crippen MR) is 70.8 cm³/mol. The Labute approximate surface area is 108 Å². The van der Waals surface area contributed by atoms with Crippen LogP contribution in [0.5, 0.6) is 0 Å². The Morgan fingerprint density at radius 1 is 1.18 bits per heavy atom. The topological polar surface area (TPSA) is 32.3 Å². The number of aromatic nitrogens is 2. The molecular formula is C12H19ClN4. The van der Waals surface area contributed by atoms with Crippen LogP contribution in [0.2, 0.25) is 5.15 Å². The predicted octanol–water partition coefficient (Wildman–Crippen LogP) is 2.01.